The molecular weight excluding hydrogens is 282 g/mol. The van der Waals surface area contributed by atoms with E-state index in [1.165, 1.54) is 22.9 Å². The standard InChI is InChI=1S/C17H25NO2S/c1-11-5-4-6-15-16(7-12(2)17(11)15)18-10-13-8-14(9-13)21(3,19)20/h4-6,12-14,16,18H,7-10H2,1-3H3. The summed E-state index contributed by atoms with van der Waals surface area (Å²) < 4.78 is 22.9. The monoisotopic (exact) mass is 307 g/mol. The van der Waals surface area contributed by atoms with Gasteiger partial charge in [-0.05, 0) is 61.3 Å². The van der Waals surface area contributed by atoms with Crippen LogP contribution in [0.4, 0.5) is 0 Å². The lowest BCUT2D eigenvalue weighted by Crippen LogP contribution is -2.41. The van der Waals surface area contributed by atoms with Crippen LogP contribution in [0, 0.1) is 12.8 Å². The predicted octanol–water partition coefficient (Wildman–Crippen LogP) is 2.96. The molecule has 2 aliphatic rings. The first-order chi connectivity index (χ1) is 9.86. The average Bonchev–Trinajstić information content (AvgIpc) is 2.64. The first-order valence-corrected chi connectivity index (χ1v) is 9.83. The van der Waals surface area contributed by atoms with Gasteiger partial charge in [-0.2, -0.15) is 0 Å². The van der Waals surface area contributed by atoms with Gasteiger partial charge in [-0.25, -0.2) is 8.42 Å². The number of fused-ring (bicyclic) bond motifs is 1. The van der Waals surface area contributed by atoms with Crippen molar-refractivity contribution in [2.24, 2.45) is 5.92 Å². The number of hydrogen-bond donors (Lipinski definition) is 1. The maximum atomic E-state index is 11.4. The molecule has 0 saturated heterocycles. The van der Waals surface area contributed by atoms with Crippen molar-refractivity contribution in [2.75, 3.05) is 12.8 Å². The van der Waals surface area contributed by atoms with Crippen molar-refractivity contribution < 1.29 is 8.42 Å². The number of sulfone groups is 1. The Morgan fingerprint density at radius 3 is 2.62 bits per heavy atom. The van der Waals surface area contributed by atoms with Crippen molar-refractivity contribution in [2.45, 2.75) is 50.3 Å². The summed E-state index contributed by atoms with van der Waals surface area (Å²) >= 11 is 0. The van der Waals surface area contributed by atoms with Crippen LogP contribution < -0.4 is 5.32 Å². The second-order valence-electron chi connectivity index (χ2n) is 6.96. The molecular formula is C17H25NO2S. The Kier molecular flexibility index (Phi) is 3.87. The Hall–Kier alpha value is -0.870. The molecule has 1 aromatic carbocycles. The zero-order valence-electron chi connectivity index (χ0n) is 13.1. The molecule has 3 rings (SSSR count). The number of nitrogens with one attached hydrogen (secondary N) is 1. The van der Waals surface area contributed by atoms with Gasteiger partial charge >= 0.3 is 0 Å². The molecule has 2 aliphatic carbocycles. The zero-order valence-corrected chi connectivity index (χ0v) is 13.9. The molecule has 4 heteroatoms. The van der Waals surface area contributed by atoms with Crippen LogP contribution >= 0.6 is 0 Å². The van der Waals surface area contributed by atoms with Crippen LogP contribution in [-0.4, -0.2) is 26.5 Å². The third-order valence-corrected chi connectivity index (χ3v) is 6.86. The van der Waals surface area contributed by atoms with E-state index in [2.05, 4.69) is 37.4 Å². The second-order valence-corrected chi connectivity index (χ2v) is 9.29. The van der Waals surface area contributed by atoms with Crippen molar-refractivity contribution in [3.05, 3.63) is 34.9 Å². The molecule has 3 nitrogen and oxygen atoms in total. The quantitative estimate of drug-likeness (QED) is 0.930. The van der Waals surface area contributed by atoms with E-state index in [-0.39, 0.29) is 5.25 Å². The summed E-state index contributed by atoms with van der Waals surface area (Å²) in [6.07, 6.45) is 4.17. The maximum absolute atomic E-state index is 11.4. The van der Waals surface area contributed by atoms with E-state index in [0.717, 1.165) is 25.8 Å². The Morgan fingerprint density at radius 2 is 1.95 bits per heavy atom. The second kappa shape index (κ2) is 5.40. The fourth-order valence-corrected chi connectivity index (χ4v) is 5.22. The van der Waals surface area contributed by atoms with Gasteiger partial charge in [-0.1, -0.05) is 25.1 Å². The van der Waals surface area contributed by atoms with E-state index in [9.17, 15) is 8.42 Å². The summed E-state index contributed by atoms with van der Waals surface area (Å²) in [7, 11) is -2.83. The minimum Gasteiger partial charge on any atom is -0.310 e. The molecule has 1 aromatic rings. The highest BCUT2D eigenvalue weighted by atomic mass is 32.2. The highest BCUT2D eigenvalue weighted by molar-refractivity contribution is 7.91. The van der Waals surface area contributed by atoms with Crippen molar-refractivity contribution >= 4 is 9.84 Å². The van der Waals surface area contributed by atoms with Gasteiger partial charge in [-0.3, -0.25) is 0 Å². The molecule has 0 aliphatic heterocycles. The van der Waals surface area contributed by atoms with Gasteiger partial charge in [0.25, 0.3) is 0 Å². The summed E-state index contributed by atoms with van der Waals surface area (Å²) in [4.78, 5) is 0. The van der Waals surface area contributed by atoms with Gasteiger partial charge in [0, 0.05) is 12.3 Å². The molecule has 0 aromatic heterocycles. The van der Waals surface area contributed by atoms with Crippen LogP contribution in [0.1, 0.15) is 54.8 Å². The molecule has 1 saturated carbocycles. The van der Waals surface area contributed by atoms with Gasteiger partial charge in [0.05, 0.1) is 5.25 Å². The lowest BCUT2D eigenvalue weighted by atomic mass is 9.84. The molecule has 21 heavy (non-hydrogen) atoms. The van der Waals surface area contributed by atoms with E-state index in [1.54, 1.807) is 0 Å². The van der Waals surface area contributed by atoms with Crippen LogP contribution in [0.25, 0.3) is 0 Å². The van der Waals surface area contributed by atoms with E-state index < -0.39 is 9.84 Å². The smallest absolute Gasteiger partial charge is 0.150 e. The zero-order chi connectivity index (χ0) is 15.2. The number of rotatable bonds is 4. The topological polar surface area (TPSA) is 46.2 Å². The van der Waals surface area contributed by atoms with Crippen molar-refractivity contribution in [3.8, 4) is 0 Å². The van der Waals surface area contributed by atoms with Gasteiger partial charge in [0.2, 0.25) is 0 Å². The van der Waals surface area contributed by atoms with E-state index in [4.69, 9.17) is 0 Å². The Labute approximate surface area is 128 Å². The lowest BCUT2D eigenvalue weighted by molar-refractivity contribution is 0.289. The van der Waals surface area contributed by atoms with E-state index in [0.29, 0.717) is 17.9 Å². The van der Waals surface area contributed by atoms with Crippen LogP contribution in [-0.2, 0) is 9.84 Å². The first kappa shape index (κ1) is 15.0. The van der Waals surface area contributed by atoms with Gasteiger partial charge in [0.1, 0.15) is 9.84 Å². The Bertz CT molecular complexity index is 632. The van der Waals surface area contributed by atoms with Crippen molar-refractivity contribution in [3.63, 3.8) is 0 Å². The molecule has 0 bridgehead atoms. The predicted molar refractivity (Wildman–Crippen MR) is 86.3 cm³/mol. The minimum atomic E-state index is -2.83. The SMILES string of the molecule is Cc1cccc2c1C(C)CC2NCC1CC(S(C)(=O)=O)C1. The van der Waals surface area contributed by atoms with Crippen LogP contribution in [0.3, 0.4) is 0 Å². The van der Waals surface area contributed by atoms with E-state index in [1.807, 2.05) is 0 Å². The highest BCUT2D eigenvalue weighted by Gasteiger charge is 2.37. The Morgan fingerprint density at radius 1 is 1.24 bits per heavy atom. The molecule has 0 radical (unpaired) electrons. The number of benzene rings is 1. The normalized spacial score (nSPS) is 31.8. The summed E-state index contributed by atoms with van der Waals surface area (Å²) in [5.41, 5.74) is 4.35. The fraction of sp³-hybridized carbons (Fsp3) is 0.647. The van der Waals surface area contributed by atoms with Gasteiger partial charge in [0.15, 0.2) is 0 Å². The maximum Gasteiger partial charge on any atom is 0.150 e. The molecule has 116 valence electrons. The van der Waals surface area contributed by atoms with Crippen molar-refractivity contribution in [1.29, 1.82) is 0 Å². The third-order valence-electron chi connectivity index (χ3n) is 5.27. The number of hydrogen-bond acceptors (Lipinski definition) is 3. The van der Waals surface area contributed by atoms with Crippen LogP contribution in [0.5, 0.6) is 0 Å². The molecule has 0 heterocycles. The molecule has 2 unspecified atom stereocenters. The first-order valence-electron chi connectivity index (χ1n) is 7.88. The summed E-state index contributed by atoms with van der Waals surface area (Å²) in [6, 6.07) is 7.01. The van der Waals surface area contributed by atoms with Gasteiger partial charge in [-0.15, -0.1) is 0 Å². The Balaban J connectivity index is 1.58. The number of aryl methyl sites for hydroxylation is 1. The van der Waals surface area contributed by atoms with E-state index >= 15 is 0 Å². The molecule has 1 N–H and O–H groups in total. The summed E-state index contributed by atoms with van der Waals surface area (Å²) in [5, 5.41) is 3.58. The highest BCUT2D eigenvalue weighted by Crippen LogP contribution is 2.42. The van der Waals surface area contributed by atoms with Crippen LogP contribution in [0.2, 0.25) is 0 Å². The summed E-state index contributed by atoms with van der Waals surface area (Å²) in [5.74, 6) is 1.14. The minimum absolute atomic E-state index is 0.0960. The average molecular weight is 307 g/mol. The molecule has 1 fully saturated rings. The summed E-state index contributed by atoms with van der Waals surface area (Å²) in [6.45, 7) is 5.44. The van der Waals surface area contributed by atoms with Crippen molar-refractivity contribution in [1.82, 2.24) is 5.32 Å². The molecule has 0 spiro atoms. The molecule has 0 amide bonds. The van der Waals surface area contributed by atoms with Crippen LogP contribution in [0.15, 0.2) is 18.2 Å². The van der Waals surface area contributed by atoms with Gasteiger partial charge < -0.3 is 5.32 Å². The third kappa shape index (κ3) is 2.88. The largest absolute Gasteiger partial charge is 0.310 e. The fourth-order valence-electron chi connectivity index (χ4n) is 3.97. The lowest BCUT2D eigenvalue weighted by Gasteiger charge is -2.34. The molecule has 2 atom stereocenters.